The third-order valence-electron chi connectivity index (χ3n) is 5.20. The van der Waals surface area contributed by atoms with Crippen LogP contribution in [0, 0.1) is 5.41 Å². The van der Waals surface area contributed by atoms with Gasteiger partial charge in [-0.25, -0.2) is 0 Å². The van der Waals surface area contributed by atoms with Gasteiger partial charge in [0.1, 0.15) is 0 Å². The van der Waals surface area contributed by atoms with Gasteiger partial charge in [-0.3, -0.25) is 4.90 Å². The number of nitrogens with one attached hydrogen (secondary N) is 1. The third kappa shape index (κ3) is 5.82. The van der Waals surface area contributed by atoms with Gasteiger partial charge in [-0.15, -0.1) is 0 Å². The molecule has 3 heteroatoms. The summed E-state index contributed by atoms with van der Waals surface area (Å²) in [7, 11) is 0. The summed E-state index contributed by atoms with van der Waals surface area (Å²) >= 11 is 0. The summed E-state index contributed by atoms with van der Waals surface area (Å²) < 4.78 is 0. The van der Waals surface area contributed by atoms with Crippen LogP contribution in [0.15, 0.2) is 0 Å². The smallest absolute Gasteiger partial charge is 0.0125 e. The summed E-state index contributed by atoms with van der Waals surface area (Å²) in [5.74, 6) is 0. The van der Waals surface area contributed by atoms with Crippen LogP contribution in [0.5, 0.6) is 0 Å². The zero-order valence-corrected chi connectivity index (χ0v) is 15.9. The van der Waals surface area contributed by atoms with Gasteiger partial charge in [0.05, 0.1) is 0 Å². The molecule has 2 heterocycles. The van der Waals surface area contributed by atoms with Crippen LogP contribution in [0.2, 0.25) is 0 Å². The van der Waals surface area contributed by atoms with Crippen LogP contribution >= 0.6 is 0 Å². The first kappa shape index (κ1) is 18.2. The van der Waals surface area contributed by atoms with Crippen LogP contribution in [0.3, 0.4) is 0 Å². The summed E-state index contributed by atoms with van der Waals surface area (Å²) in [5, 5.41) is 3.96. The van der Waals surface area contributed by atoms with Gasteiger partial charge < -0.3 is 10.2 Å². The lowest BCUT2D eigenvalue weighted by molar-refractivity contribution is 0.0870. The highest BCUT2D eigenvalue weighted by molar-refractivity contribution is 4.87. The lowest BCUT2D eigenvalue weighted by atomic mass is 9.93. The molecule has 0 aromatic heterocycles. The van der Waals surface area contributed by atoms with Gasteiger partial charge in [0.25, 0.3) is 0 Å². The topological polar surface area (TPSA) is 18.5 Å². The van der Waals surface area contributed by atoms with E-state index in [2.05, 4.69) is 56.7 Å². The molecule has 0 bridgehead atoms. The molecule has 0 aliphatic carbocycles. The molecule has 2 fully saturated rings. The lowest BCUT2D eigenvalue weighted by Crippen LogP contribution is -2.53. The Bertz CT molecular complexity index is 324. The van der Waals surface area contributed by atoms with Crippen molar-refractivity contribution in [3.8, 4) is 0 Å². The summed E-state index contributed by atoms with van der Waals surface area (Å²) in [5.41, 5.74) is 0.767. The molecule has 0 spiro atoms. The second-order valence-corrected chi connectivity index (χ2v) is 9.71. The zero-order chi connectivity index (χ0) is 16.4. The average Bonchev–Trinajstić information content (AvgIpc) is 2.39. The van der Waals surface area contributed by atoms with Crippen LogP contribution in [0.25, 0.3) is 0 Å². The van der Waals surface area contributed by atoms with Gasteiger partial charge in [0, 0.05) is 37.3 Å². The quantitative estimate of drug-likeness (QED) is 0.862. The molecule has 2 aliphatic rings. The molecule has 22 heavy (non-hydrogen) atoms. The Balaban J connectivity index is 1.67. The number of rotatable bonds is 3. The van der Waals surface area contributed by atoms with E-state index in [0.717, 1.165) is 12.1 Å². The highest BCUT2D eigenvalue weighted by Gasteiger charge is 2.29. The van der Waals surface area contributed by atoms with Gasteiger partial charge in [-0.2, -0.15) is 0 Å². The van der Waals surface area contributed by atoms with Crippen LogP contribution < -0.4 is 5.32 Å². The Morgan fingerprint density at radius 2 is 1.23 bits per heavy atom. The van der Waals surface area contributed by atoms with Crippen LogP contribution in [-0.2, 0) is 0 Å². The van der Waals surface area contributed by atoms with Gasteiger partial charge in [-0.1, -0.05) is 20.8 Å². The summed E-state index contributed by atoms with van der Waals surface area (Å²) in [6, 6.07) is 1.50. The monoisotopic (exact) mass is 309 g/mol. The fourth-order valence-electron chi connectivity index (χ4n) is 3.98. The highest BCUT2D eigenvalue weighted by atomic mass is 15.2. The first-order valence-corrected chi connectivity index (χ1v) is 9.37. The van der Waals surface area contributed by atoms with Crippen molar-refractivity contribution in [2.45, 2.75) is 84.8 Å². The van der Waals surface area contributed by atoms with E-state index in [1.165, 1.54) is 58.4 Å². The maximum Gasteiger partial charge on any atom is 0.0125 e. The first-order chi connectivity index (χ1) is 10.1. The standard InChI is InChI=1S/C19H39N3/c1-18(2,3)15-21-11-7-16(8-12-21)20-17-9-13-22(14-10-17)19(4,5)6/h16-17,20H,7-15H2,1-6H3. The Kier molecular flexibility index (Phi) is 5.95. The fraction of sp³-hybridized carbons (Fsp3) is 1.00. The Morgan fingerprint density at radius 1 is 0.773 bits per heavy atom. The zero-order valence-electron chi connectivity index (χ0n) is 15.9. The van der Waals surface area contributed by atoms with Crippen LogP contribution in [0.4, 0.5) is 0 Å². The number of hydrogen-bond acceptors (Lipinski definition) is 3. The van der Waals surface area contributed by atoms with Gasteiger partial charge >= 0.3 is 0 Å². The van der Waals surface area contributed by atoms with Crippen molar-refractivity contribution >= 4 is 0 Å². The SMILES string of the molecule is CC(C)(C)CN1CCC(NC2CCN(C(C)(C)C)CC2)CC1. The fourth-order valence-corrected chi connectivity index (χ4v) is 3.98. The largest absolute Gasteiger partial charge is 0.311 e. The summed E-state index contributed by atoms with van der Waals surface area (Å²) in [6.07, 6.45) is 5.30. The minimum absolute atomic E-state index is 0.337. The van der Waals surface area contributed by atoms with Crippen molar-refractivity contribution < 1.29 is 0 Å². The molecule has 0 atom stereocenters. The van der Waals surface area contributed by atoms with Crippen molar-refractivity contribution in [1.82, 2.24) is 15.1 Å². The first-order valence-electron chi connectivity index (χ1n) is 9.37. The van der Waals surface area contributed by atoms with Gasteiger partial charge in [-0.05, 0) is 65.0 Å². The number of piperidine rings is 2. The maximum atomic E-state index is 3.96. The van der Waals surface area contributed by atoms with Crippen LogP contribution in [-0.4, -0.2) is 60.1 Å². The van der Waals surface area contributed by atoms with E-state index in [1.54, 1.807) is 0 Å². The molecule has 3 nitrogen and oxygen atoms in total. The van der Waals surface area contributed by atoms with Gasteiger partial charge in [0.2, 0.25) is 0 Å². The number of nitrogens with zero attached hydrogens (tertiary/aromatic N) is 2. The predicted molar refractivity (Wildman–Crippen MR) is 96.4 cm³/mol. The molecule has 0 radical (unpaired) electrons. The maximum absolute atomic E-state index is 3.96. The summed E-state index contributed by atoms with van der Waals surface area (Å²) in [4.78, 5) is 5.29. The normalized spacial score (nSPS) is 24.8. The Labute approximate surface area is 138 Å². The number of likely N-dealkylation sites (tertiary alicyclic amines) is 2. The predicted octanol–water partition coefficient (Wildman–Crippen LogP) is 3.35. The Morgan fingerprint density at radius 3 is 1.64 bits per heavy atom. The molecule has 2 aliphatic heterocycles. The molecular formula is C19H39N3. The van der Waals surface area contributed by atoms with Crippen molar-refractivity contribution in [2.75, 3.05) is 32.7 Å². The molecule has 0 aromatic carbocycles. The molecule has 2 rings (SSSR count). The van der Waals surface area contributed by atoms with Crippen molar-refractivity contribution in [2.24, 2.45) is 5.41 Å². The van der Waals surface area contributed by atoms with Crippen molar-refractivity contribution in [1.29, 1.82) is 0 Å². The van der Waals surface area contributed by atoms with Crippen molar-refractivity contribution in [3.05, 3.63) is 0 Å². The molecular weight excluding hydrogens is 270 g/mol. The van der Waals surface area contributed by atoms with E-state index in [-0.39, 0.29) is 0 Å². The molecule has 0 amide bonds. The Hall–Kier alpha value is -0.120. The van der Waals surface area contributed by atoms with E-state index in [4.69, 9.17) is 0 Å². The molecule has 0 aromatic rings. The second kappa shape index (κ2) is 7.19. The van der Waals surface area contributed by atoms with Crippen molar-refractivity contribution in [3.63, 3.8) is 0 Å². The lowest BCUT2D eigenvalue weighted by Gasteiger charge is -2.43. The van der Waals surface area contributed by atoms with E-state index >= 15 is 0 Å². The van der Waals surface area contributed by atoms with E-state index in [1.807, 2.05) is 0 Å². The van der Waals surface area contributed by atoms with E-state index < -0.39 is 0 Å². The van der Waals surface area contributed by atoms with Crippen LogP contribution in [0.1, 0.15) is 67.2 Å². The average molecular weight is 310 g/mol. The second-order valence-electron chi connectivity index (χ2n) is 9.71. The molecule has 130 valence electrons. The molecule has 0 unspecified atom stereocenters. The third-order valence-corrected chi connectivity index (χ3v) is 5.20. The molecule has 2 saturated heterocycles. The minimum Gasteiger partial charge on any atom is -0.311 e. The highest BCUT2D eigenvalue weighted by Crippen LogP contribution is 2.22. The molecule has 1 N–H and O–H groups in total. The molecule has 0 saturated carbocycles. The minimum atomic E-state index is 0.337. The summed E-state index contributed by atoms with van der Waals surface area (Å²) in [6.45, 7) is 20.4. The van der Waals surface area contributed by atoms with Gasteiger partial charge in [0.15, 0.2) is 0 Å². The number of hydrogen-bond donors (Lipinski definition) is 1. The van der Waals surface area contributed by atoms with E-state index in [0.29, 0.717) is 11.0 Å². The van der Waals surface area contributed by atoms with E-state index in [9.17, 15) is 0 Å².